The molecule has 3 nitrogen and oxygen atoms in total. The molecule has 1 atom stereocenters. The number of aromatic nitrogens is 2. The number of fused-ring (bicyclic) bond motifs is 6. The summed E-state index contributed by atoms with van der Waals surface area (Å²) in [5.41, 5.74) is 19.4. The van der Waals surface area contributed by atoms with Crippen LogP contribution in [0.3, 0.4) is 0 Å². The Bertz CT molecular complexity index is 3520. The van der Waals surface area contributed by atoms with Gasteiger partial charge in [0.25, 0.3) is 0 Å². The van der Waals surface area contributed by atoms with E-state index in [2.05, 4.69) is 213 Å². The molecule has 9 aromatic carbocycles. The highest BCUT2D eigenvalue weighted by molar-refractivity contribution is 6.06. The van der Waals surface area contributed by atoms with Crippen LogP contribution in [0.15, 0.2) is 229 Å². The van der Waals surface area contributed by atoms with Gasteiger partial charge in [0.1, 0.15) is 11.2 Å². The molecule has 11 aromatic rings. The second kappa shape index (κ2) is 14.8. The first-order valence-corrected chi connectivity index (χ1v) is 21.6. The summed E-state index contributed by atoms with van der Waals surface area (Å²) in [6.45, 7) is 2.39. The minimum absolute atomic E-state index is 0.372. The third-order valence-corrected chi connectivity index (χ3v) is 13.0. The first kappa shape index (κ1) is 36.7. The normalized spacial score (nSPS) is 14.2. The second-order valence-electron chi connectivity index (χ2n) is 16.6. The zero-order chi connectivity index (χ0) is 41.9. The maximum atomic E-state index is 6.24. The van der Waals surface area contributed by atoms with Gasteiger partial charge in [-0.25, -0.2) is 9.97 Å². The number of hydrogen-bond donors (Lipinski definition) is 0. The summed E-state index contributed by atoms with van der Waals surface area (Å²) in [7, 11) is 0. The average Bonchev–Trinajstić information content (AvgIpc) is 3.87. The summed E-state index contributed by atoms with van der Waals surface area (Å²) < 4.78 is 6.24. The first-order valence-electron chi connectivity index (χ1n) is 21.6. The molecule has 2 heterocycles. The largest absolute Gasteiger partial charge is 0.456 e. The molecule has 0 fully saturated rings. The molecule has 1 aliphatic rings. The molecule has 63 heavy (non-hydrogen) atoms. The molecule has 1 unspecified atom stereocenters. The summed E-state index contributed by atoms with van der Waals surface area (Å²) in [6.07, 6.45) is 0. The zero-order valence-corrected chi connectivity index (χ0v) is 34.7. The summed E-state index contributed by atoms with van der Waals surface area (Å²) >= 11 is 0. The van der Waals surface area contributed by atoms with E-state index in [9.17, 15) is 0 Å². The van der Waals surface area contributed by atoms with Crippen LogP contribution in [-0.4, -0.2) is 9.97 Å². The van der Waals surface area contributed by atoms with Crippen LogP contribution < -0.4 is 0 Å². The number of benzene rings is 9. The Labute approximate surface area is 366 Å². The van der Waals surface area contributed by atoms with Gasteiger partial charge in [-0.15, -0.1) is 0 Å². The van der Waals surface area contributed by atoms with Gasteiger partial charge in [-0.2, -0.15) is 0 Å². The van der Waals surface area contributed by atoms with E-state index in [0.717, 1.165) is 77.8 Å². The molecule has 0 radical (unpaired) electrons. The van der Waals surface area contributed by atoms with Crippen molar-refractivity contribution in [3.63, 3.8) is 0 Å². The Morgan fingerprint density at radius 2 is 0.905 bits per heavy atom. The monoisotopic (exact) mass is 804 g/mol. The van der Waals surface area contributed by atoms with Gasteiger partial charge < -0.3 is 4.42 Å². The molecular weight excluding hydrogens is 765 g/mol. The van der Waals surface area contributed by atoms with Crippen molar-refractivity contribution in [1.82, 2.24) is 9.97 Å². The summed E-state index contributed by atoms with van der Waals surface area (Å²) in [4.78, 5) is 10.8. The lowest BCUT2D eigenvalue weighted by Crippen LogP contribution is -2.23. The van der Waals surface area contributed by atoms with Crippen molar-refractivity contribution < 1.29 is 4.42 Å². The van der Waals surface area contributed by atoms with E-state index in [0.29, 0.717) is 5.82 Å². The highest BCUT2D eigenvalue weighted by Gasteiger charge is 2.42. The summed E-state index contributed by atoms with van der Waals surface area (Å²) in [5, 5.41) is 2.21. The quantitative estimate of drug-likeness (QED) is 0.161. The Hall–Kier alpha value is -8.14. The van der Waals surface area contributed by atoms with Crippen LogP contribution in [-0.2, 0) is 5.41 Å². The van der Waals surface area contributed by atoms with Gasteiger partial charge in [0, 0.05) is 32.9 Å². The number of para-hydroxylation sites is 1. The van der Waals surface area contributed by atoms with Crippen molar-refractivity contribution in [2.24, 2.45) is 0 Å². The van der Waals surface area contributed by atoms with Crippen molar-refractivity contribution in [3.8, 4) is 78.4 Å². The number of nitrogens with zero attached hydrogens (tertiary/aromatic N) is 2. The zero-order valence-electron chi connectivity index (χ0n) is 34.7. The molecule has 1 aliphatic carbocycles. The van der Waals surface area contributed by atoms with E-state index >= 15 is 0 Å². The maximum Gasteiger partial charge on any atom is 0.160 e. The minimum Gasteiger partial charge on any atom is -0.456 e. The van der Waals surface area contributed by atoms with Crippen LogP contribution in [0.1, 0.15) is 23.6 Å². The molecule has 0 N–H and O–H groups in total. The highest BCUT2D eigenvalue weighted by Crippen LogP contribution is 2.56. The predicted octanol–water partition coefficient (Wildman–Crippen LogP) is 15.7. The molecule has 0 bridgehead atoms. The fourth-order valence-electron chi connectivity index (χ4n) is 9.94. The predicted molar refractivity (Wildman–Crippen MR) is 259 cm³/mol. The Morgan fingerprint density at radius 3 is 1.68 bits per heavy atom. The molecule has 12 rings (SSSR count). The van der Waals surface area contributed by atoms with Gasteiger partial charge in [0.05, 0.1) is 11.4 Å². The van der Waals surface area contributed by atoms with Gasteiger partial charge >= 0.3 is 0 Å². The fraction of sp³-hybridized carbons (Fsp3) is 0.0333. The lowest BCUT2D eigenvalue weighted by atomic mass is 9.71. The standard InChI is InChI=1S/C60H40N2O/c1-60(45-22-9-4-10-23-45)53-30-15-13-25-47(53)51-29-17-28-50(58(51)60)46-24-11-12-26-48(46)55-38-54(61-59(62-55)40-20-7-3-8-21-40)44-35-42(39-18-5-2-6-19-39)34-43(36-44)41-32-33-57-52(37-41)49-27-14-16-31-56(49)63-57/h2-38H,1H3. The number of furan rings is 1. The third-order valence-electron chi connectivity index (χ3n) is 13.0. The molecule has 0 spiro atoms. The van der Waals surface area contributed by atoms with Gasteiger partial charge in [-0.1, -0.05) is 182 Å². The van der Waals surface area contributed by atoms with Crippen LogP contribution >= 0.6 is 0 Å². The van der Waals surface area contributed by atoms with E-state index in [1.54, 1.807) is 0 Å². The lowest BCUT2D eigenvalue weighted by molar-refractivity contribution is 0.669. The molecule has 296 valence electrons. The van der Waals surface area contributed by atoms with E-state index in [-0.39, 0.29) is 5.41 Å². The van der Waals surface area contributed by atoms with Crippen LogP contribution in [0.2, 0.25) is 0 Å². The van der Waals surface area contributed by atoms with E-state index in [1.165, 1.54) is 33.4 Å². The Morgan fingerprint density at radius 1 is 0.349 bits per heavy atom. The first-order chi connectivity index (χ1) is 31.1. The molecule has 2 aromatic heterocycles. The van der Waals surface area contributed by atoms with Crippen molar-refractivity contribution in [1.29, 1.82) is 0 Å². The van der Waals surface area contributed by atoms with E-state index in [4.69, 9.17) is 14.4 Å². The Kier molecular flexibility index (Phi) is 8.62. The van der Waals surface area contributed by atoms with Crippen molar-refractivity contribution in [3.05, 3.63) is 241 Å². The van der Waals surface area contributed by atoms with Gasteiger partial charge in [0.2, 0.25) is 0 Å². The van der Waals surface area contributed by atoms with E-state index < -0.39 is 0 Å². The average molecular weight is 805 g/mol. The fourth-order valence-corrected chi connectivity index (χ4v) is 9.94. The molecule has 0 saturated carbocycles. The Balaban J connectivity index is 1.08. The summed E-state index contributed by atoms with van der Waals surface area (Å²) in [5.74, 6) is 0.677. The third kappa shape index (κ3) is 6.12. The van der Waals surface area contributed by atoms with E-state index in [1.807, 2.05) is 18.2 Å². The SMILES string of the molecule is CC1(c2ccccc2)c2ccccc2-c2cccc(-c3ccccc3-c3cc(-c4cc(-c5ccccc5)cc(-c5ccc6oc7ccccc7c6c5)c4)nc(-c4ccccc4)n3)c21. The molecule has 0 aliphatic heterocycles. The van der Waals surface area contributed by atoms with Gasteiger partial charge in [-0.05, 0) is 111 Å². The van der Waals surface area contributed by atoms with Crippen LogP contribution in [0.4, 0.5) is 0 Å². The summed E-state index contributed by atoms with van der Waals surface area (Å²) in [6, 6.07) is 80.1. The molecular formula is C60H40N2O. The van der Waals surface area contributed by atoms with Crippen LogP contribution in [0.5, 0.6) is 0 Å². The highest BCUT2D eigenvalue weighted by atomic mass is 16.3. The molecule has 0 amide bonds. The topological polar surface area (TPSA) is 38.9 Å². The van der Waals surface area contributed by atoms with Gasteiger partial charge in [0.15, 0.2) is 5.82 Å². The molecule has 0 saturated heterocycles. The lowest BCUT2D eigenvalue weighted by Gasteiger charge is -2.30. The van der Waals surface area contributed by atoms with Crippen LogP contribution in [0.25, 0.3) is 100 Å². The second-order valence-corrected chi connectivity index (χ2v) is 16.6. The number of rotatable bonds is 7. The molecule has 3 heteroatoms. The maximum absolute atomic E-state index is 6.24. The van der Waals surface area contributed by atoms with Gasteiger partial charge in [-0.3, -0.25) is 0 Å². The minimum atomic E-state index is -0.372. The smallest absolute Gasteiger partial charge is 0.160 e. The van der Waals surface area contributed by atoms with Crippen molar-refractivity contribution >= 4 is 21.9 Å². The van der Waals surface area contributed by atoms with Crippen molar-refractivity contribution in [2.75, 3.05) is 0 Å². The number of hydrogen-bond acceptors (Lipinski definition) is 3. The van der Waals surface area contributed by atoms with Crippen molar-refractivity contribution in [2.45, 2.75) is 12.3 Å². The van der Waals surface area contributed by atoms with Crippen LogP contribution in [0, 0.1) is 0 Å².